The molecule has 5 nitrogen and oxygen atoms in total. The average Bonchev–Trinajstić information content (AvgIpc) is 3.09. The molecule has 4 aromatic rings. The third-order valence-electron chi connectivity index (χ3n) is 3.20. The van der Waals surface area contributed by atoms with E-state index in [1.54, 1.807) is 11.3 Å². The summed E-state index contributed by atoms with van der Waals surface area (Å²) in [4.78, 5) is 4.58. The summed E-state index contributed by atoms with van der Waals surface area (Å²) in [6.07, 6.45) is 0. The molecular weight excluding hydrogens is 270 g/mol. The van der Waals surface area contributed by atoms with Gasteiger partial charge in [0, 0.05) is 10.8 Å². The number of aromatic nitrogens is 4. The average molecular weight is 281 g/mol. The summed E-state index contributed by atoms with van der Waals surface area (Å²) in [6, 6.07) is 10.2. The van der Waals surface area contributed by atoms with Gasteiger partial charge >= 0.3 is 0 Å². The number of hydrogen-bond donors (Lipinski definition) is 1. The molecule has 3 aromatic heterocycles. The van der Waals surface area contributed by atoms with E-state index in [9.17, 15) is 0 Å². The normalized spacial score (nSPS) is 11.2. The quantitative estimate of drug-likeness (QED) is 0.612. The van der Waals surface area contributed by atoms with Crippen LogP contribution in [0.1, 0.15) is 5.82 Å². The minimum absolute atomic E-state index is 0.610. The highest BCUT2D eigenvalue weighted by atomic mass is 32.1. The Labute approximate surface area is 118 Å². The lowest BCUT2D eigenvalue weighted by atomic mass is 10.2. The van der Waals surface area contributed by atoms with E-state index < -0.39 is 0 Å². The Morgan fingerprint density at radius 3 is 2.90 bits per heavy atom. The van der Waals surface area contributed by atoms with E-state index in [1.165, 1.54) is 0 Å². The zero-order valence-electron chi connectivity index (χ0n) is 10.7. The number of nitrogens with zero attached hydrogens (tertiary/aromatic N) is 4. The van der Waals surface area contributed by atoms with Crippen molar-refractivity contribution >= 4 is 39.5 Å². The molecule has 0 fully saturated rings. The second kappa shape index (κ2) is 4.28. The fraction of sp³-hybridized carbons (Fsp3) is 0.0714. The lowest BCUT2D eigenvalue weighted by molar-refractivity contribution is 1.02. The Bertz CT molecular complexity index is 895. The third-order valence-corrected chi connectivity index (χ3v) is 3.89. The molecule has 98 valence electrons. The van der Waals surface area contributed by atoms with Gasteiger partial charge in [-0.1, -0.05) is 12.1 Å². The maximum atomic E-state index is 4.58. The highest BCUT2D eigenvalue weighted by molar-refractivity contribution is 7.08. The largest absolute Gasteiger partial charge is 0.339 e. The van der Waals surface area contributed by atoms with Crippen LogP contribution in [0.4, 0.5) is 11.5 Å². The molecule has 0 aliphatic rings. The van der Waals surface area contributed by atoms with Crippen LogP contribution in [0.5, 0.6) is 0 Å². The minimum Gasteiger partial charge on any atom is -0.339 e. The zero-order chi connectivity index (χ0) is 13.5. The first-order valence-electron chi connectivity index (χ1n) is 6.22. The van der Waals surface area contributed by atoms with E-state index in [2.05, 4.69) is 38.0 Å². The van der Waals surface area contributed by atoms with Gasteiger partial charge in [-0.25, -0.2) is 0 Å². The monoisotopic (exact) mass is 281 g/mol. The number of hydrogen-bond acceptors (Lipinski definition) is 5. The number of aryl methyl sites for hydroxylation is 1. The number of fused-ring (bicyclic) bond motifs is 3. The van der Waals surface area contributed by atoms with Crippen LogP contribution in [0.15, 0.2) is 41.1 Å². The maximum absolute atomic E-state index is 4.58. The van der Waals surface area contributed by atoms with Crippen molar-refractivity contribution in [1.82, 2.24) is 19.6 Å². The molecule has 0 unspecified atom stereocenters. The second-order valence-corrected chi connectivity index (χ2v) is 5.28. The molecule has 0 bridgehead atoms. The highest BCUT2D eigenvalue weighted by Gasteiger charge is 2.11. The second-order valence-electron chi connectivity index (χ2n) is 4.50. The standard InChI is InChI=1S/C14H11N5S/c1-9-17-18-14-16-13(15-10-6-7-20-8-10)11-4-2-3-5-12(11)19(9)14/h2-8H,1H3,(H,15,16,18). The minimum atomic E-state index is 0.610. The molecule has 0 radical (unpaired) electrons. The van der Waals surface area contributed by atoms with Crippen molar-refractivity contribution in [1.29, 1.82) is 0 Å². The van der Waals surface area contributed by atoms with Gasteiger partial charge in [0.25, 0.3) is 5.78 Å². The smallest absolute Gasteiger partial charge is 0.257 e. The Balaban J connectivity index is 2.03. The number of thiophene rings is 1. The van der Waals surface area contributed by atoms with E-state index in [-0.39, 0.29) is 0 Å². The summed E-state index contributed by atoms with van der Waals surface area (Å²) in [6.45, 7) is 1.93. The van der Waals surface area contributed by atoms with Gasteiger partial charge in [0.1, 0.15) is 11.6 Å². The van der Waals surface area contributed by atoms with Crippen molar-refractivity contribution in [2.75, 3.05) is 5.32 Å². The molecule has 0 spiro atoms. The zero-order valence-corrected chi connectivity index (χ0v) is 11.6. The SMILES string of the molecule is Cc1nnc2nc(Nc3ccsc3)c3ccccc3n12. The Morgan fingerprint density at radius 2 is 2.05 bits per heavy atom. The summed E-state index contributed by atoms with van der Waals surface area (Å²) in [5.74, 6) is 2.25. The molecule has 4 rings (SSSR count). The highest BCUT2D eigenvalue weighted by Crippen LogP contribution is 2.26. The van der Waals surface area contributed by atoms with Gasteiger partial charge in [0.05, 0.1) is 11.2 Å². The molecule has 0 aliphatic carbocycles. The van der Waals surface area contributed by atoms with E-state index in [4.69, 9.17) is 0 Å². The van der Waals surface area contributed by atoms with Crippen molar-refractivity contribution < 1.29 is 0 Å². The van der Waals surface area contributed by atoms with E-state index in [0.29, 0.717) is 5.78 Å². The predicted molar refractivity (Wildman–Crippen MR) is 80.6 cm³/mol. The summed E-state index contributed by atoms with van der Waals surface area (Å²) in [5, 5.41) is 16.7. The lowest BCUT2D eigenvalue weighted by Crippen LogP contribution is -2.00. The van der Waals surface area contributed by atoms with Gasteiger partial charge in [-0.15, -0.1) is 10.2 Å². The number of benzene rings is 1. The first kappa shape index (κ1) is 11.4. The van der Waals surface area contributed by atoms with Crippen molar-refractivity contribution in [3.05, 3.63) is 46.9 Å². The van der Waals surface area contributed by atoms with Crippen LogP contribution in [0.25, 0.3) is 16.7 Å². The van der Waals surface area contributed by atoms with Gasteiger partial charge in [-0.2, -0.15) is 16.3 Å². The maximum Gasteiger partial charge on any atom is 0.257 e. The van der Waals surface area contributed by atoms with Crippen LogP contribution in [0.3, 0.4) is 0 Å². The van der Waals surface area contributed by atoms with Crippen LogP contribution >= 0.6 is 11.3 Å². The van der Waals surface area contributed by atoms with Crippen LogP contribution < -0.4 is 5.32 Å². The molecule has 20 heavy (non-hydrogen) atoms. The fourth-order valence-electron chi connectivity index (χ4n) is 2.30. The van der Waals surface area contributed by atoms with Gasteiger partial charge < -0.3 is 5.32 Å². The van der Waals surface area contributed by atoms with Crippen molar-refractivity contribution in [3.8, 4) is 0 Å². The molecule has 0 saturated carbocycles. The predicted octanol–water partition coefficient (Wildman–Crippen LogP) is 3.39. The topological polar surface area (TPSA) is 55.1 Å². The number of nitrogens with one attached hydrogen (secondary N) is 1. The molecule has 0 amide bonds. The van der Waals surface area contributed by atoms with Crippen LogP contribution in [0, 0.1) is 6.92 Å². The van der Waals surface area contributed by atoms with Crippen LogP contribution in [0.2, 0.25) is 0 Å². The third kappa shape index (κ3) is 1.65. The Kier molecular flexibility index (Phi) is 2.43. The summed E-state index contributed by atoms with van der Waals surface area (Å²) < 4.78 is 1.97. The van der Waals surface area contributed by atoms with Crippen molar-refractivity contribution in [3.63, 3.8) is 0 Å². The Hall–Kier alpha value is -2.47. The summed E-state index contributed by atoms with van der Waals surface area (Å²) in [7, 11) is 0. The lowest BCUT2D eigenvalue weighted by Gasteiger charge is -2.09. The molecule has 1 N–H and O–H groups in total. The number of anilines is 2. The van der Waals surface area contributed by atoms with E-state index in [1.807, 2.05) is 34.9 Å². The van der Waals surface area contributed by atoms with Gasteiger partial charge in [-0.05, 0) is 30.5 Å². The molecule has 6 heteroatoms. The first-order chi connectivity index (χ1) is 9.83. The van der Waals surface area contributed by atoms with Crippen molar-refractivity contribution in [2.24, 2.45) is 0 Å². The van der Waals surface area contributed by atoms with Gasteiger partial charge in [-0.3, -0.25) is 4.40 Å². The van der Waals surface area contributed by atoms with E-state index >= 15 is 0 Å². The first-order valence-corrected chi connectivity index (χ1v) is 7.17. The number of para-hydroxylation sites is 1. The molecule has 0 saturated heterocycles. The van der Waals surface area contributed by atoms with Crippen LogP contribution in [-0.2, 0) is 0 Å². The van der Waals surface area contributed by atoms with Crippen LogP contribution in [-0.4, -0.2) is 19.6 Å². The molecular formula is C14H11N5S. The summed E-state index contributed by atoms with van der Waals surface area (Å²) in [5.41, 5.74) is 2.09. The number of rotatable bonds is 2. The molecule has 0 aliphatic heterocycles. The fourth-order valence-corrected chi connectivity index (χ4v) is 2.89. The summed E-state index contributed by atoms with van der Waals surface area (Å²) >= 11 is 1.65. The van der Waals surface area contributed by atoms with Crippen molar-refractivity contribution in [2.45, 2.75) is 6.92 Å². The van der Waals surface area contributed by atoms with Gasteiger partial charge in [0.15, 0.2) is 0 Å². The molecule has 1 aromatic carbocycles. The molecule has 3 heterocycles. The van der Waals surface area contributed by atoms with E-state index in [0.717, 1.165) is 28.2 Å². The molecule has 0 atom stereocenters. The Morgan fingerprint density at radius 1 is 1.15 bits per heavy atom. The van der Waals surface area contributed by atoms with Gasteiger partial charge in [0.2, 0.25) is 0 Å².